The Morgan fingerprint density at radius 1 is 1.62 bits per heavy atom. The van der Waals surface area contributed by atoms with Crippen molar-refractivity contribution in [2.75, 3.05) is 6.54 Å². The smallest absolute Gasteiger partial charge is 0.0312 e. The van der Waals surface area contributed by atoms with E-state index in [2.05, 4.69) is 23.3 Å². The lowest BCUT2D eigenvalue weighted by Crippen LogP contribution is -2.27. The SMILES string of the molecule is CC(CCN)NCc1cccnc1. The molecule has 1 heterocycles. The normalized spacial score (nSPS) is 12.8. The minimum Gasteiger partial charge on any atom is -0.330 e. The maximum Gasteiger partial charge on any atom is 0.0312 e. The molecule has 0 radical (unpaired) electrons. The first-order chi connectivity index (χ1) is 6.33. The molecule has 0 aliphatic rings. The number of pyridine rings is 1. The fraction of sp³-hybridized carbons (Fsp3) is 0.500. The van der Waals surface area contributed by atoms with Crippen LogP contribution in [0, 0.1) is 0 Å². The van der Waals surface area contributed by atoms with Gasteiger partial charge in [-0.3, -0.25) is 4.98 Å². The Morgan fingerprint density at radius 3 is 3.08 bits per heavy atom. The van der Waals surface area contributed by atoms with Crippen molar-refractivity contribution in [3.05, 3.63) is 30.1 Å². The largest absolute Gasteiger partial charge is 0.330 e. The molecule has 13 heavy (non-hydrogen) atoms. The van der Waals surface area contributed by atoms with Crippen LogP contribution in [0.1, 0.15) is 18.9 Å². The van der Waals surface area contributed by atoms with Gasteiger partial charge in [0.1, 0.15) is 0 Å². The van der Waals surface area contributed by atoms with E-state index in [0.29, 0.717) is 6.04 Å². The van der Waals surface area contributed by atoms with E-state index >= 15 is 0 Å². The Morgan fingerprint density at radius 2 is 2.46 bits per heavy atom. The molecule has 0 aromatic carbocycles. The van der Waals surface area contributed by atoms with Gasteiger partial charge < -0.3 is 11.1 Å². The molecule has 0 fully saturated rings. The van der Waals surface area contributed by atoms with Gasteiger partial charge in [0.2, 0.25) is 0 Å². The van der Waals surface area contributed by atoms with Crippen LogP contribution in [0.2, 0.25) is 0 Å². The van der Waals surface area contributed by atoms with Gasteiger partial charge in [0.25, 0.3) is 0 Å². The molecule has 3 N–H and O–H groups in total. The van der Waals surface area contributed by atoms with Gasteiger partial charge in [0.15, 0.2) is 0 Å². The molecule has 1 unspecified atom stereocenters. The van der Waals surface area contributed by atoms with Crippen LogP contribution >= 0.6 is 0 Å². The van der Waals surface area contributed by atoms with E-state index in [-0.39, 0.29) is 0 Å². The third-order valence-corrected chi connectivity index (χ3v) is 1.98. The molecule has 0 aliphatic carbocycles. The number of nitrogens with one attached hydrogen (secondary N) is 1. The first kappa shape index (κ1) is 10.2. The number of nitrogens with two attached hydrogens (primary N) is 1. The average molecular weight is 179 g/mol. The quantitative estimate of drug-likeness (QED) is 0.706. The minimum absolute atomic E-state index is 0.477. The van der Waals surface area contributed by atoms with Crippen molar-refractivity contribution >= 4 is 0 Å². The van der Waals surface area contributed by atoms with Crippen LogP contribution < -0.4 is 11.1 Å². The van der Waals surface area contributed by atoms with Gasteiger partial charge in [-0.1, -0.05) is 6.07 Å². The van der Waals surface area contributed by atoms with E-state index in [4.69, 9.17) is 5.73 Å². The van der Waals surface area contributed by atoms with Crippen molar-refractivity contribution < 1.29 is 0 Å². The molecule has 3 nitrogen and oxygen atoms in total. The summed E-state index contributed by atoms with van der Waals surface area (Å²) in [4.78, 5) is 4.04. The van der Waals surface area contributed by atoms with Crippen molar-refractivity contribution in [1.82, 2.24) is 10.3 Å². The second-order valence-corrected chi connectivity index (χ2v) is 3.22. The Balaban J connectivity index is 2.27. The molecular weight excluding hydrogens is 162 g/mol. The Kier molecular flexibility index (Phi) is 4.43. The van der Waals surface area contributed by atoms with Crippen molar-refractivity contribution in [2.24, 2.45) is 5.73 Å². The molecule has 0 saturated carbocycles. The summed E-state index contributed by atoms with van der Waals surface area (Å²) in [5, 5.41) is 3.38. The number of aromatic nitrogens is 1. The van der Waals surface area contributed by atoms with E-state index in [1.807, 2.05) is 12.3 Å². The van der Waals surface area contributed by atoms with Crippen LogP contribution in [0.5, 0.6) is 0 Å². The zero-order valence-electron chi connectivity index (χ0n) is 8.03. The van der Waals surface area contributed by atoms with Crippen LogP contribution in [-0.2, 0) is 6.54 Å². The second kappa shape index (κ2) is 5.67. The predicted molar refractivity (Wildman–Crippen MR) is 54.2 cm³/mol. The third-order valence-electron chi connectivity index (χ3n) is 1.98. The second-order valence-electron chi connectivity index (χ2n) is 3.22. The van der Waals surface area contributed by atoms with Crippen molar-refractivity contribution in [2.45, 2.75) is 25.9 Å². The van der Waals surface area contributed by atoms with Gasteiger partial charge in [0, 0.05) is 25.0 Å². The maximum absolute atomic E-state index is 5.45. The summed E-state index contributed by atoms with van der Waals surface area (Å²) in [5.41, 5.74) is 6.66. The summed E-state index contributed by atoms with van der Waals surface area (Å²) in [6.45, 7) is 3.75. The molecular formula is C10H17N3. The summed E-state index contributed by atoms with van der Waals surface area (Å²) < 4.78 is 0. The molecule has 1 rings (SSSR count). The van der Waals surface area contributed by atoms with Gasteiger partial charge in [-0.15, -0.1) is 0 Å². The zero-order chi connectivity index (χ0) is 9.52. The van der Waals surface area contributed by atoms with Crippen molar-refractivity contribution in [3.63, 3.8) is 0 Å². The molecule has 0 amide bonds. The fourth-order valence-electron chi connectivity index (χ4n) is 1.15. The third kappa shape index (κ3) is 4.01. The van der Waals surface area contributed by atoms with Gasteiger partial charge in [-0.05, 0) is 31.5 Å². The average Bonchev–Trinajstić information content (AvgIpc) is 2.17. The topological polar surface area (TPSA) is 50.9 Å². The predicted octanol–water partition coefficient (Wildman–Crippen LogP) is 0.908. The molecule has 0 aliphatic heterocycles. The van der Waals surface area contributed by atoms with E-state index < -0.39 is 0 Å². The summed E-state index contributed by atoms with van der Waals surface area (Å²) in [5.74, 6) is 0. The van der Waals surface area contributed by atoms with Gasteiger partial charge in [-0.2, -0.15) is 0 Å². The highest BCUT2D eigenvalue weighted by atomic mass is 14.9. The summed E-state index contributed by atoms with van der Waals surface area (Å²) in [6, 6.07) is 4.49. The number of nitrogens with zero attached hydrogens (tertiary/aromatic N) is 1. The van der Waals surface area contributed by atoms with E-state index in [1.165, 1.54) is 5.56 Å². The van der Waals surface area contributed by atoms with Crippen LogP contribution in [0.4, 0.5) is 0 Å². The molecule has 1 aromatic rings. The van der Waals surface area contributed by atoms with Crippen molar-refractivity contribution in [3.8, 4) is 0 Å². The summed E-state index contributed by atoms with van der Waals surface area (Å²) in [6.07, 6.45) is 4.68. The number of rotatable bonds is 5. The summed E-state index contributed by atoms with van der Waals surface area (Å²) in [7, 11) is 0. The first-order valence-electron chi connectivity index (χ1n) is 4.65. The van der Waals surface area contributed by atoms with E-state index in [0.717, 1.165) is 19.5 Å². The van der Waals surface area contributed by atoms with Crippen LogP contribution in [0.15, 0.2) is 24.5 Å². The van der Waals surface area contributed by atoms with E-state index in [1.54, 1.807) is 6.20 Å². The summed E-state index contributed by atoms with van der Waals surface area (Å²) >= 11 is 0. The zero-order valence-corrected chi connectivity index (χ0v) is 8.03. The molecule has 0 saturated heterocycles. The maximum atomic E-state index is 5.45. The standard InChI is InChI=1S/C10H17N3/c1-9(4-5-11)13-8-10-3-2-6-12-7-10/h2-3,6-7,9,13H,4-5,8,11H2,1H3. The molecule has 72 valence electrons. The molecule has 1 aromatic heterocycles. The fourth-order valence-corrected chi connectivity index (χ4v) is 1.15. The number of hydrogen-bond donors (Lipinski definition) is 2. The van der Waals surface area contributed by atoms with Gasteiger partial charge >= 0.3 is 0 Å². The Hall–Kier alpha value is -0.930. The minimum atomic E-state index is 0.477. The highest BCUT2D eigenvalue weighted by molar-refractivity contribution is 5.07. The highest BCUT2D eigenvalue weighted by Gasteiger charge is 1.98. The number of hydrogen-bond acceptors (Lipinski definition) is 3. The first-order valence-corrected chi connectivity index (χ1v) is 4.65. The lowest BCUT2D eigenvalue weighted by molar-refractivity contribution is 0.519. The van der Waals surface area contributed by atoms with Crippen molar-refractivity contribution in [1.29, 1.82) is 0 Å². The van der Waals surface area contributed by atoms with Crippen LogP contribution in [0.25, 0.3) is 0 Å². The molecule has 0 bridgehead atoms. The van der Waals surface area contributed by atoms with Gasteiger partial charge in [-0.25, -0.2) is 0 Å². The van der Waals surface area contributed by atoms with E-state index in [9.17, 15) is 0 Å². The Bertz CT molecular complexity index is 223. The molecule has 3 heteroatoms. The monoisotopic (exact) mass is 179 g/mol. The van der Waals surface area contributed by atoms with Gasteiger partial charge in [0.05, 0.1) is 0 Å². The van der Waals surface area contributed by atoms with Crippen LogP contribution in [-0.4, -0.2) is 17.6 Å². The molecule has 0 spiro atoms. The lowest BCUT2D eigenvalue weighted by atomic mass is 10.2. The Labute approximate surface area is 79.4 Å². The van der Waals surface area contributed by atoms with Crippen LogP contribution in [0.3, 0.4) is 0 Å². The molecule has 1 atom stereocenters. The lowest BCUT2D eigenvalue weighted by Gasteiger charge is -2.11. The highest BCUT2D eigenvalue weighted by Crippen LogP contribution is 1.96.